The van der Waals surface area contributed by atoms with E-state index in [0.717, 1.165) is 17.9 Å². The predicted molar refractivity (Wildman–Crippen MR) is 76.3 cm³/mol. The molecule has 0 aliphatic heterocycles. The fourth-order valence-electron chi connectivity index (χ4n) is 1.59. The van der Waals surface area contributed by atoms with Crippen molar-refractivity contribution in [3.05, 3.63) is 23.4 Å². The molecule has 0 aliphatic carbocycles. The van der Waals surface area contributed by atoms with Crippen molar-refractivity contribution in [2.75, 3.05) is 11.5 Å². The van der Waals surface area contributed by atoms with Gasteiger partial charge in [-0.25, -0.2) is 4.79 Å². The van der Waals surface area contributed by atoms with Crippen LogP contribution in [0, 0.1) is 6.92 Å². The number of carboxylic acid groups (broad SMARTS) is 1. The van der Waals surface area contributed by atoms with E-state index in [1.807, 2.05) is 13.8 Å². The molecule has 0 bridgehead atoms. The Labute approximate surface area is 120 Å². The molecule has 2 heterocycles. The average molecular weight is 293 g/mol. The molecule has 20 heavy (non-hydrogen) atoms. The first-order chi connectivity index (χ1) is 9.54. The highest BCUT2D eigenvalue weighted by molar-refractivity contribution is 7.99. The number of thioether (sulfide) groups is 1. The van der Waals surface area contributed by atoms with Crippen molar-refractivity contribution in [2.24, 2.45) is 0 Å². The highest BCUT2D eigenvalue weighted by atomic mass is 32.2. The molecule has 0 amide bonds. The number of anilines is 1. The van der Waals surface area contributed by atoms with Crippen LogP contribution in [-0.4, -0.2) is 36.8 Å². The predicted octanol–water partition coefficient (Wildman–Crippen LogP) is 1.75. The molecule has 7 nitrogen and oxygen atoms in total. The zero-order valence-corrected chi connectivity index (χ0v) is 12.0. The molecule has 2 aromatic rings. The molecule has 2 aromatic heterocycles. The molecular formula is C12H15N5O2S. The van der Waals surface area contributed by atoms with Crippen LogP contribution < -0.4 is 5.73 Å². The van der Waals surface area contributed by atoms with Crippen molar-refractivity contribution in [1.29, 1.82) is 0 Å². The molecule has 106 valence electrons. The minimum Gasteiger partial charge on any atom is -0.477 e. The van der Waals surface area contributed by atoms with Crippen molar-refractivity contribution in [2.45, 2.75) is 25.3 Å². The van der Waals surface area contributed by atoms with Crippen LogP contribution in [-0.2, 0) is 0 Å². The molecule has 0 unspecified atom stereocenters. The second-order valence-corrected chi connectivity index (χ2v) is 5.25. The van der Waals surface area contributed by atoms with Gasteiger partial charge in [-0.05, 0) is 31.2 Å². The molecule has 0 saturated heterocycles. The van der Waals surface area contributed by atoms with E-state index in [2.05, 4.69) is 15.3 Å². The Bertz CT molecular complexity index is 624. The minimum absolute atomic E-state index is 0.0193. The van der Waals surface area contributed by atoms with Crippen LogP contribution in [0.4, 0.5) is 5.82 Å². The van der Waals surface area contributed by atoms with E-state index in [4.69, 9.17) is 5.73 Å². The first-order valence-corrected chi connectivity index (χ1v) is 7.08. The number of hydrogen-bond acceptors (Lipinski definition) is 6. The Morgan fingerprint density at radius 1 is 1.45 bits per heavy atom. The second-order valence-electron chi connectivity index (χ2n) is 4.16. The number of aromatic nitrogens is 4. The summed E-state index contributed by atoms with van der Waals surface area (Å²) >= 11 is 1.37. The molecule has 8 heteroatoms. The van der Waals surface area contributed by atoms with E-state index in [1.54, 1.807) is 12.1 Å². The number of nitrogens with two attached hydrogens (primary N) is 1. The summed E-state index contributed by atoms with van der Waals surface area (Å²) in [6, 6.07) is 3.47. The van der Waals surface area contributed by atoms with Crippen LogP contribution in [0.3, 0.4) is 0 Å². The standard InChI is InChI=1S/C12H15N5O2S/c1-3-6-20-11-9(12(18)19)10(13)17(16-11)8-5-4-7(2)14-15-8/h4-5H,3,6,13H2,1-2H3,(H,18,19). The van der Waals surface area contributed by atoms with Gasteiger partial charge in [-0.15, -0.1) is 16.9 Å². The molecule has 3 N–H and O–H groups in total. The van der Waals surface area contributed by atoms with E-state index in [9.17, 15) is 9.90 Å². The summed E-state index contributed by atoms with van der Waals surface area (Å²) < 4.78 is 1.31. The average Bonchev–Trinajstić information content (AvgIpc) is 2.74. The van der Waals surface area contributed by atoms with Gasteiger partial charge in [0.15, 0.2) is 5.82 Å². The molecule has 0 saturated carbocycles. The second kappa shape index (κ2) is 5.91. The number of hydrogen-bond donors (Lipinski definition) is 2. The third-order valence-corrected chi connectivity index (χ3v) is 3.72. The van der Waals surface area contributed by atoms with Gasteiger partial charge in [0.1, 0.15) is 16.4 Å². The molecule has 0 aromatic carbocycles. The Hall–Kier alpha value is -2.09. The zero-order valence-electron chi connectivity index (χ0n) is 11.2. The van der Waals surface area contributed by atoms with E-state index in [1.165, 1.54) is 16.4 Å². The summed E-state index contributed by atoms with van der Waals surface area (Å²) in [4.78, 5) is 11.3. The third-order valence-electron chi connectivity index (χ3n) is 2.55. The van der Waals surface area contributed by atoms with E-state index < -0.39 is 5.97 Å². The fourth-order valence-corrected chi connectivity index (χ4v) is 2.46. The maximum absolute atomic E-state index is 11.3. The summed E-state index contributed by atoms with van der Waals surface area (Å²) in [7, 11) is 0. The van der Waals surface area contributed by atoms with Crippen LogP contribution in [0.15, 0.2) is 17.2 Å². The maximum atomic E-state index is 11.3. The number of aryl methyl sites for hydroxylation is 1. The summed E-state index contributed by atoms with van der Waals surface area (Å²) in [6.45, 7) is 3.83. The maximum Gasteiger partial charge on any atom is 0.342 e. The van der Waals surface area contributed by atoms with Crippen LogP contribution in [0.2, 0.25) is 0 Å². The summed E-state index contributed by atoms with van der Waals surface area (Å²) in [5.74, 6) is 0.150. The van der Waals surface area contributed by atoms with Crippen LogP contribution in [0.1, 0.15) is 29.4 Å². The monoisotopic (exact) mass is 293 g/mol. The molecule has 0 fully saturated rings. The van der Waals surface area contributed by atoms with E-state index in [-0.39, 0.29) is 11.4 Å². The molecule has 2 rings (SSSR count). The lowest BCUT2D eigenvalue weighted by molar-refractivity contribution is 0.0694. The van der Waals surface area contributed by atoms with Crippen molar-refractivity contribution >= 4 is 23.5 Å². The van der Waals surface area contributed by atoms with Crippen LogP contribution in [0.25, 0.3) is 5.82 Å². The zero-order chi connectivity index (χ0) is 14.7. The number of carboxylic acids is 1. The lowest BCUT2D eigenvalue weighted by Gasteiger charge is -2.01. The van der Waals surface area contributed by atoms with E-state index in [0.29, 0.717) is 10.8 Å². The largest absolute Gasteiger partial charge is 0.477 e. The molecular weight excluding hydrogens is 278 g/mol. The lowest BCUT2D eigenvalue weighted by Crippen LogP contribution is -2.07. The van der Waals surface area contributed by atoms with Gasteiger partial charge in [-0.3, -0.25) is 0 Å². The normalized spacial score (nSPS) is 10.7. The molecule has 0 aliphatic rings. The molecule has 0 spiro atoms. The summed E-state index contributed by atoms with van der Waals surface area (Å²) in [5.41, 5.74) is 6.67. The highest BCUT2D eigenvalue weighted by Gasteiger charge is 2.23. The molecule has 0 atom stereocenters. The Kier molecular flexibility index (Phi) is 4.23. The first-order valence-electron chi connectivity index (χ1n) is 6.10. The van der Waals surface area contributed by atoms with Gasteiger partial charge in [-0.1, -0.05) is 6.92 Å². The van der Waals surface area contributed by atoms with Gasteiger partial charge in [0.25, 0.3) is 0 Å². The first kappa shape index (κ1) is 14.3. The van der Waals surface area contributed by atoms with Crippen molar-refractivity contribution in [1.82, 2.24) is 20.0 Å². The number of nitrogens with zero attached hydrogens (tertiary/aromatic N) is 4. The highest BCUT2D eigenvalue weighted by Crippen LogP contribution is 2.28. The van der Waals surface area contributed by atoms with E-state index >= 15 is 0 Å². The van der Waals surface area contributed by atoms with Crippen molar-refractivity contribution in [3.8, 4) is 5.82 Å². The topological polar surface area (TPSA) is 107 Å². The summed E-state index contributed by atoms with van der Waals surface area (Å²) in [6.07, 6.45) is 0.917. The SMILES string of the molecule is CCCSc1nn(-c2ccc(C)nn2)c(N)c1C(=O)O. The minimum atomic E-state index is -1.09. The van der Waals surface area contributed by atoms with Crippen molar-refractivity contribution < 1.29 is 9.90 Å². The smallest absolute Gasteiger partial charge is 0.342 e. The number of nitrogen functional groups attached to an aromatic ring is 1. The third kappa shape index (κ3) is 2.74. The lowest BCUT2D eigenvalue weighted by atomic mass is 10.3. The Balaban J connectivity index is 2.48. The van der Waals surface area contributed by atoms with Gasteiger partial charge in [0.05, 0.1) is 5.69 Å². The van der Waals surface area contributed by atoms with Gasteiger partial charge in [-0.2, -0.15) is 14.9 Å². The van der Waals surface area contributed by atoms with Crippen LogP contribution >= 0.6 is 11.8 Å². The quantitative estimate of drug-likeness (QED) is 0.809. The Morgan fingerprint density at radius 3 is 2.75 bits per heavy atom. The number of carbonyl (C=O) groups is 1. The van der Waals surface area contributed by atoms with Gasteiger partial charge in [0.2, 0.25) is 0 Å². The summed E-state index contributed by atoms with van der Waals surface area (Å²) in [5, 5.41) is 21.8. The number of rotatable bonds is 5. The van der Waals surface area contributed by atoms with Gasteiger partial charge >= 0.3 is 5.97 Å². The molecule has 0 radical (unpaired) electrons. The Morgan fingerprint density at radius 2 is 2.20 bits per heavy atom. The van der Waals surface area contributed by atoms with Gasteiger partial charge < -0.3 is 10.8 Å². The number of aromatic carboxylic acids is 1. The van der Waals surface area contributed by atoms with Crippen molar-refractivity contribution in [3.63, 3.8) is 0 Å². The van der Waals surface area contributed by atoms with Crippen LogP contribution in [0.5, 0.6) is 0 Å². The van der Waals surface area contributed by atoms with Gasteiger partial charge in [0, 0.05) is 0 Å². The fraction of sp³-hybridized carbons (Fsp3) is 0.333.